The molecule has 19 nitrogen and oxygen atoms in total. The maximum absolute atomic E-state index is 14.1. The van der Waals surface area contributed by atoms with Gasteiger partial charge in [-0.1, -0.05) is 12.1 Å². The van der Waals surface area contributed by atoms with Crippen molar-refractivity contribution in [1.82, 2.24) is 14.0 Å². The molecule has 2 unspecified atom stereocenters. The van der Waals surface area contributed by atoms with Crippen LogP contribution in [0.1, 0.15) is 93.1 Å². The Morgan fingerprint density at radius 1 is 0.754 bits per heavy atom. The van der Waals surface area contributed by atoms with Crippen molar-refractivity contribution in [3.8, 4) is 22.6 Å². The predicted molar refractivity (Wildman–Crippen MR) is 254 cm³/mol. The van der Waals surface area contributed by atoms with Crippen molar-refractivity contribution in [1.29, 1.82) is 0 Å². The Bertz CT molecular complexity index is 2720. The van der Waals surface area contributed by atoms with E-state index in [0.717, 1.165) is 41.7 Å². The van der Waals surface area contributed by atoms with Gasteiger partial charge >= 0.3 is 12.1 Å². The monoisotopic (exact) mass is 945 g/mol. The topological polar surface area (TPSA) is 221 Å². The van der Waals surface area contributed by atoms with Crippen LogP contribution < -0.4 is 30.3 Å². The number of nitrogens with one attached hydrogen (secondary N) is 3. The number of methoxy groups -OCH3 is 2. The first-order valence-corrected chi connectivity index (χ1v) is 22.8. The number of aryl methyl sites for hydroxylation is 2. The maximum atomic E-state index is 14.1. The molecule has 0 saturated carbocycles. The van der Waals surface area contributed by atoms with Crippen LogP contribution in [-0.2, 0) is 33.1 Å². The molecule has 3 aromatic carbocycles. The van der Waals surface area contributed by atoms with E-state index in [1.807, 2.05) is 18.3 Å². The van der Waals surface area contributed by atoms with Gasteiger partial charge in [-0.25, -0.2) is 14.5 Å². The number of ether oxygens (including phenoxy) is 5. The van der Waals surface area contributed by atoms with Gasteiger partial charge in [0.15, 0.2) is 24.0 Å². The first-order chi connectivity index (χ1) is 33.3. The van der Waals surface area contributed by atoms with Gasteiger partial charge in [0.1, 0.15) is 11.4 Å². The molecule has 3 aliphatic rings. The first-order valence-electron chi connectivity index (χ1n) is 22.8. The molecule has 2 saturated heterocycles. The number of fused-ring (bicyclic) bond motifs is 2. The van der Waals surface area contributed by atoms with Crippen LogP contribution in [0.3, 0.4) is 0 Å². The first kappa shape index (κ1) is 47.8. The molecule has 2 aromatic heterocycles. The fraction of sp³-hybridized carbons (Fsp3) is 0.360. The Hall–Kier alpha value is -7.64. The van der Waals surface area contributed by atoms with Crippen LogP contribution in [-0.4, -0.2) is 107 Å². The number of hydrogen-bond acceptors (Lipinski definition) is 11. The Morgan fingerprint density at radius 3 is 2.10 bits per heavy atom. The van der Waals surface area contributed by atoms with E-state index in [1.54, 1.807) is 82.9 Å². The number of piperidine rings is 1. The Balaban J connectivity index is 0.854. The van der Waals surface area contributed by atoms with Crippen LogP contribution >= 0.6 is 0 Å². The Kier molecular flexibility index (Phi) is 14.6. The molecule has 5 heterocycles. The lowest BCUT2D eigenvalue weighted by atomic mass is 10.00. The van der Waals surface area contributed by atoms with E-state index in [-0.39, 0.29) is 59.9 Å². The van der Waals surface area contributed by atoms with Gasteiger partial charge < -0.3 is 58.8 Å². The van der Waals surface area contributed by atoms with Crippen LogP contribution in [0, 0.1) is 0 Å². The number of aromatic nitrogens is 2. The van der Waals surface area contributed by atoms with Crippen LogP contribution in [0.15, 0.2) is 85.2 Å². The quantitative estimate of drug-likeness (QED) is 0.0593. The molecule has 362 valence electrons. The minimum Gasteiger partial charge on any atom is -0.493 e. The number of benzene rings is 3. The minimum absolute atomic E-state index is 0.0591. The summed E-state index contributed by atoms with van der Waals surface area (Å²) in [5.41, 5.74) is 4.43. The number of esters is 1. The number of amides is 5. The molecule has 0 radical (unpaired) electrons. The molecule has 0 spiro atoms. The van der Waals surface area contributed by atoms with Gasteiger partial charge in [-0.3, -0.25) is 19.2 Å². The van der Waals surface area contributed by atoms with Crippen molar-refractivity contribution in [2.75, 3.05) is 54.8 Å². The Labute approximate surface area is 398 Å². The Morgan fingerprint density at radius 2 is 1.43 bits per heavy atom. The summed E-state index contributed by atoms with van der Waals surface area (Å²) in [6.07, 6.45) is 5.45. The molecule has 69 heavy (non-hydrogen) atoms. The average molecular weight is 946 g/mol. The molecule has 5 aromatic rings. The van der Waals surface area contributed by atoms with Crippen molar-refractivity contribution >= 4 is 58.4 Å². The highest BCUT2D eigenvalue weighted by molar-refractivity contribution is 6.07. The summed E-state index contributed by atoms with van der Waals surface area (Å²) in [5, 5.41) is 19.2. The second kappa shape index (κ2) is 21.1. The summed E-state index contributed by atoms with van der Waals surface area (Å²) in [5.74, 6) is -1.39. The number of rotatable bonds is 15. The second-order valence-electron chi connectivity index (χ2n) is 17.1. The second-order valence-corrected chi connectivity index (χ2v) is 17.1. The fourth-order valence-corrected chi connectivity index (χ4v) is 8.89. The van der Waals surface area contributed by atoms with Gasteiger partial charge in [-0.2, -0.15) is 0 Å². The van der Waals surface area contributed by atoms with Gasteiger partial charge in [0.25, 0.3) is 17.7 Å². The molecule has 8 rings (SSSR count). The standard InChI is InChI=1S/C50H55N7O12/c1-54-28-32(24-39(54)45(59)52-34-19-15-31(16-20-34)49(62)66-4)30-13-17-33(18-14-30)53-46(60)40-25-35(29-55(40)2)51-43(58)11-9-23-67-42-27-38-36(26-41(42)65-3)47(61)56-21-7-5-10-37(56)48(57(38)50(63)64)69-44-12-6-8-22-68-44/h13-20,24-29,37,44,48H,5-12,21-23H2,1-4H3,(H,51,58)(H,52,59)(H,53,60)(H,63,64)/t37-,44?,48?/m0/s1. The third-order valence-electron chi connectivity index (χ3n) is 12.4. The van der Waals surface area contributed by atoms with Gasteiger partial charge in [0.05, 0.1) is 49.4 Å². The van der Waals surface area contributed by atoms with E-state index in [2.05, 4.69) is 16.0 Å². The van der Waals surface area contributed by atoms with Gasteiger partial charge in [-0.05, 0) is 105 Å². The van der Waals surface area contributed by atoms with E-state index >= 15 is 0 Å². The van der Waals surface area contributed by atoms with Crippen molar-refractivity contribution in [2.24, 2.45) is 14.1 Å². The molecule has 0 aliphatic carbocycles. The fourth-order valence-electron chi connectivity index (χ4n) is 8.89. The average Bonchev–Trinajstić information content (AvgIpc) is 3.91. The number of carbonyl (C=O) groups excluding carboxylic acids is 5. The smallest absolute Gasteiger partial charge is 0.414 e. The molecule has 3 atom stereocenters. The summed E-state index contributed by atoms with van der Waals surface area (Å²) in [6.45, 7) is 1.03. The number of nitrogens with zero attached hydrogens (tertiary/aromatic N) is 4. The lowest BCUT2D eigenvalue weighted by Gasteiger charge is -2.42. The number of hydrogen-bond donors (Lipinski definition) is 4. The van der Waals surface area contributed by atoms with E-state index in [1.165, 1.54) is 26.4 Å². The third kappa shape index (κ3) is 10.7. The van der Waals surface area contributed by atoms with Gasteiger partial charge in [0.2, 0.25) is 5.91 Å². The minimum atomic E-state index is -1.28. The maximum Gasteiger partial charge on any atom is 0.414 e. The van der Waals surface area contributed by atoms with E-state index in [0.29, 0.717) is 60.0 Å². The van der Waals surface area contributed by atoms with Gasteiger partial charge in [-0.15, -0.1) is 0 Å². The zero-order valence-electron chi connectivity index (χ0n) is 38.8. The van der Waals surface area contributed by atoms with Crippen molar-refractivity contribution in [3.63, 3.8) is 0 Å². The van der Waals surface area contributed by atoms with Crippen LogP contribution in [0.2, 0.25) is 0 Å². The molecule has 3 aliphatic heterocycles. The third-order valence-corrected chi connectivity index (χ3v) is 12.4. The predicted octanol–water partition coefficient (Wildman–Crippen LogP) is 7.49. The number of carboxylic acid groups (broad SMARTS) is 1. The summed E-state index contributed by atoms with van der Waals surface area (Å²) < 4.78 is 32.0. The number of anilines is 4. The van der Waals surface area contributed by atoms with Crippen LogP contribution in [0.5, 0.6) is 11.5 Å². The molecule has 4 N–H and O–H groups in total. The normalized spacial score (nSPS) is 17.7. The van der Waals surface area contributed by atoms with E-state index in [4.69, 9.17) is 23.7 Å². The van der Waals surface area contributed by atoms with Crippen LogP contribution in [0.25, 0.3) is 11.1 Å². The molecule has 19 heteroatoms. The zero-order valence-corrected chi connectivity index (χ0v) is 38.8. The SMILES string of the molecule is COC(=O)c1ccc(NC(=O)c2cc(-c3ccc(NC(=O)c4cc(NC(=O)CCCOc5cc6c(cc5OC)C(=O)N5CCCC[C@H]5C(OC5CCCCO5)N6C(=O)O)cn4C)cc3)cn2C)cc1. The van der Waals surface area contributed by atoms with Crippen molar-refractivity contribution < 1.29 is 57.6 Å². The molecular formula is C50H55N7O12. The molecule has 0 bridgehead atoms. The summed E-state index contributed by atoms with van der Waals surface area (Å²) in [6, 6.07) is 19.3. The number of carbonyl (C=O) groups is 6. The summed E-state index contributed by atoms with van der Waals surface area (Å²) in [7, 11) is 6.19. The lowest BCUT2D eigenvalue weighted by molar-refractivity contribution is -0.198. The lowest BCUT2D eigenvalue weighted by Crippen LogP contribution is -2.57. The van der Waals surface area contributed by atoms with Gasteiger partial charge in [0, 0.05) is 69.1 Å². The van der Waals surface area contributed by atoms with E-state index < -0.39 is 36.5 Å². The van der Waals surface area contributed by atoms with E-state index in [9.17, 15) is 33.9 Å². The molecule has 2 fully saturated rings. The highest BCUT2D eigenvalue weighted by atomic mass is 16.7. The summed E-state index contributed by atoms with van der Waals surface area (Å²) in [4.78, 5) is 81.2. The highest BCUT2D eigenvalue weighted by Gasteiger charge is 2.46. The van der Waals surface area contributed by atoms with Crippen molar-refractivity contribution in [3.05, 3.63) is 108 Å². The molecular weight excluding hydrogens is 891 g/mol. The molecule has 5 amide bonds. The largest absolute Gasteiger partial charge is 0.493 e. The van der Waals surface area contributed by atoms with Crippen molar-refractivity contribution in [2.45, 2.75) is 69.9 Å². The summed E-state index contributed by atoms with van der Waals surface area (Å²) >= 11 is 0. The highest BCUT2D eigenvalue weighted by Crippen LogP contribution is 2.42. The van der Waals surface area contributed by atoms with Crippen LogP contribution in [0.4, 0.5) is 27.5 Å². The zero-order chi connectivity index (χ0) is 48.8.